The van der Waals surface area contributed by atoms with Crippen LogP contribution in [0.5, 0.6) is 0 Å². The summed E-state index contributed by atoms with van der Waals surface area (Å²) in [6, 6.07) is 4.63. The number of carboxylic acids is 1. The number of nitro groups is 1. The van der Waals surface area contributed by atoms with Crippen molar-refractivity contribution < 1.29 is 14.8 Å². The molecule has 2 N–H and O–H groups in total. The number of aliphatic carboxylic acids is 1. The fourth-order valence-corrected chi connectivity index (χ4v) is 1.23. The van der Waals surface area contributed by atoms with Gasteiger partial charge in [-0.25, -0.2) is 4.79 Å². The van der Waals surface area contributed by atoms with Crippen molar-refractivity contribution in [1.29, 1.82) is 0 Å². The summed E-state index contributed by atoms with van der Waals surface area (Å²) in [5, 5.41) is 22.0. The molecular formula is C11H10N2O4. The van der Waals surface area contributed by atoms with Crippen molar-refractivity contribution >= 4 is 17.3 Å². The Morgan fingerprint density at radius 2 is 2.35 bits per heavy atom. The van der Waals surface area contributed by atoms with E-state index in [0.717, 1.165) is 0 Å². The number of carbonyl (C=O) groups is 1. The molecule has 6 nitrogen and oxygen atoms in total. The SMILES string of the molecule is C#CCC(Nc1cccc([N+](=O)[O-])c1)C(=O)O. The molecule has 0 aliphatic rings. The molecule has 0 saturated heterocycles. The third kappa shape index (κ3) is 3.50. The van der Waals surface area contributed by atoms with Crippen molar-refractivity contribution in [3.05, 3.63) is 34.4 Å². The van der Waals surface area contributed by atoms with Crippen LogP contribution in [0.2, 0.25) is 0 Å². The molecule has 17 heavy (non-hydrogen) atoms. The second-order valence-corrected chi connectivity index (χ2v) is 3.25. The maximum Gasteiger partial charge on any atom is 0.327 e. The van der Waals surface area contributed by atoms with Gasteiger partial charge in [0.25, 0.3) is 5.69 Å². The van der Waals surface area contributed by atoms with Crippen molar-refractivity contribution in [3.63, 3.8) is 0 Å². The molecule has 0 aromatic heterocycles. The number of rotatable bonds is 5. The second-order valence-electron chi connectivity index (χ2n) is 3.25. The Hall–Kier alpha value is -2.55. The van der Waals surface area contributed by atoms with Crippen molar-refractivity contribution in [1.82, 2.24) is 0 Å². The molecule has 0 fully saturated rings. The van der Waals surface area contributed by atoms with Gasteiger partial charge in [0.2, 0.25) is 0 Å². The molecule has 0 radical (unpaired) electrons. The normalized spacial score (nSPS) is 11.2. The van der Waals surface area contributed by atoms with E-state index in [1.54, 1.807) is 6.07 Å². The van der Waals surface area contributed by atoms with Crippen molar-refractivity contribution in [2.45, 2.75) is 12.5 Å². The van der Waals surface area contributed by atoms with E-state index < -0.39 is 16.9 Å². The van der Waals surface area contributed by atoms with E-state index in [1.165, 1.54) is 18.2 Å². The van der Waals surface area contributed by atoms with Crippen molar-refractivity contribution in [2.75, 3.05) is 5.32 Å². The van der Waals surface area contributed by atoms with Gasteiger partial charge in [-0.1, -0.05) is 6.07 Å². The average Bonchev–Trinajstić information content (AvgIpc) is 2.28. The van der Waals surface area contributed by atoms with E-state index in [-0.39, 0.29) is 12.1 Å². The standard InChI is InChI=1S/C11H10N2O4/c1-2-4-10(11(14)15)12-8-5-3-6-9(7-8)13(16)17/h1,3,5-7,10,12H,4H2,(H,14,15). The third-order valence-corrected chi connectivity index (χ3v) is 2.02. The smallest absolute Gasteiger partial charge is 0.327 e. The molecule has 0 heterocycles. The van der Waals surface area contributed by atoms with Gasteiger partial charge in [-0.3, -0.25) is 10.1 Å². The van der Waals surface area contributed by atoms with Crippen LogP contribution < -0.4 is 5.32 Å². The fourth-order valence-electron chi connectivity index (χ4n) is 1.23. The van der Waals surface area contributed by atoms with Crippen LogP contribution in [0.3, 0.4) is 0 Å². The number of hydrogen-bond donors (Lipinski definition) is 2. The molecule has 1 atom stereocenters. The molecule has 0 saturated carbocycles. The highest BCUT2D eigenvalue weighted by Crippen LogP contribution is 2.18. The minimum Gasteiger partial charge on any atom is -0.480 e. The topological polar surface area (TPSA) is 92.5 Å². The largest absolute Gasteiger partial charge is 0.480 e. The van der Waals surface area contributed by atoms with Gasteiger partial charge in [-0.2, -0.15) is 0 Å². The fraction of sp³-hybridized carbons (Fsp3) is 0.182. The Labute approximate surface area is 97.4 Å². The molecule has 0 aliphatic heterocycles. The molecule has 88 valence electrons. The Balaban J connectivity index is 2.86. The quantitative estimate of drug-likeness (QED) is 0.457. The zero-order chi connectivity index (χ0) is 12.8. The first-order valence-corrected chi connectivity index (χ1v) is 4.72. The minimum absolute atomic E-state index is 0.00196. The van der Waals surface area contributed by atoms with E-state index in [4.69, 9.17) is 11.5 Å². The van der Waals surface area contributed by atoms with E-state index in [0.29, 0.717) is 5.69 Å². The zero-order valence-corrected chi connectivity index (χ0v) is 8.79. The lowest BCUT2D eigenvalue weighted by Gasteiger charge is -2.12. The molecule has 1 rings (SSSR count). The maximum atomic E-state index is 10.8. The number of terminal acetylenes is 1. The number of nitrogens with one attached hydrogen (secondary N) is 1. The predicted octanol–water partition coefficient (Wildman–Crippen LogP) is 1.48. The average molecular weight is 234 g/mol. The lowest BCUT2D eigenvalue weighted by atomic mass is 10.2. The van der Waals surface area contributed by atoms with Gasteiger partial charge in [-0.15, -0.1) is 12.3 Å². The van der Waals surface area contributed by atoms with Crippen LogP contribution >= 0.6 is 0 Å². The molecule has 6 heteroatoms. The summed E-state index contributed by atoms with van der Waals surface area (Å²) < 4.78 is 0. The summed E-state index contributed by atoms with van der Waals surface area (Å²) in [7, 11) is 0. The van der Waals surface area contributed by atoms with Crippen LogP contribution in [0.4, 0.5) is 11.4 Å². The monoisotopic (exact) mass is 234 g/mol. The first-order valence-electron chi connectivity index (χ1n) is 4.72. The summed E-state index contributed by atoms with van der Waals surface area (Å²) in [4.78, 5) is 20.8. The number of anilines is 1. The third-order valence-electron chi connectivity index (χ3n) is 2.02. The number of benzene rings is 1. The van der Waals surface area contributed by atoms with E-state index in [1.807, 2.05) is 0 Å². The zero-order valence-electron chi connectivity index (χ0n) is 8.79. The van der Waals surface area contributed by atoms with Gasteiger partial charge in [0.05, 0.1) is 4.92 Å². The summed E-state index contributed by atoms with van der Waals surface area (Å²) in [6.07, 6.45) is 5.04. The lowest BCUT2D eigenvalue weighted by Crippen LogP contribution is -2.28. The maximum absolute atomic E-state index is 10.8. The summed E-state index contributed by atoms with van der Waals surface area (Å²) in [5.74, 6) is 1.13. The number of nitro benzene ring substituents is 1. The Kier molecular flexibility index (Phi) is 4.06. The number of hydrogen-bond acceptors (Lipinski definition) is 4. The molecule has 0 spiro atoms. The van der Waals surface area contributed by atoms with E-state index >= 15 is 0 Å². The van der Waals surface area contributed by atoms with Gasteiger partial charge in [-0.05, 0) is 6.07 Å². The summed E-state index contributed by atoms with van der Waals surface area (Å²) in [5.41, 5.74) is 0.238. The highest BCUT2D eigenvalue weighted by molar-refractivity contribution is 5.78. The Morgan fingerprint density at radius 3 is 2.88 bits per heavy atom. The molecule has 0 aliphatic carbocycles. The van der Waals surface area contributed by atoms with Gasteiger partial charge in [0.15, 0.2) is 0 Å². The molecule has 0 bridgehead atoms. The minimum atomic E-state index is -1.10. The van der Waals surface area contributed by atoms with Crippen LogP contribution in [0, 0.1) is 22.5 Å². The Bertz CT molecular complexity index is 479. The molecule has 1 aromatic carbocycles. The van der Waals surface area contributed by atoms with Crippen LogP contribution in [-0.2, 0) is 4.79 Å². The van der Waals surface area contributed by atoms with Crippen LogP contribution in [0.15, 0.2) is 24.3 Å². The molecule has 0 amide bonds. The van der Waals surface area contributed by atoms with Gasteiger partial charge in [0.1, 0.15) is 6.04 Å². The van der Waals surface area contributed by atoms with Gasteiger partial charge < -0.3 is 10.4 Å². The van der Waals surface area contributed by atoms with E-state index in [2.05, 4.69) is 11.2 Å². The van der Waals surface area contributed by atoms with Crippen LogP contribution in [0.25, 0.3) is 0 Å². The predicted molar refractivity (Wildman–Crippen MR) is 61.6 cm³/mol. The van der Waals surface area contributed by atoms with Crippen LogP contribution in [0.1, 0.15) is 6.42 Å². The Morgan fingerprint density at radius 1 is 1.65 bits per heavy atom. The van der Waals surface area contributed by atoms with Gasteiger partial charge >= 0.3 is 5.97 Å². The molecule has 1 aromatic rings. The molecular weight excluding hydrogens is 224 g/mol. The lowest BCUT2D eigenvalue weighted by molar-refractivity contribution is -0.384. The number of nitrogens with zero attached hydrogens (tertiary/aromatic N) is 1. The van der Waals surface area contributed by atoms with E-state index in [9.17, 15) is 14.9 Å². The molecule has 1 unspecified atom stereocenters. The van der Waals surface area contributed by atoms with Gasteiger partial charge in [0, 0.05) is 24.2 Å². The van der Waals surface area contributed by atoms with Crippen molar-refractivity contribution in [2.24, 2.45) is 0 Å². The first-order chi connectivity index (χ1) is 8.04. The summed E-state index contributed by atoms with van der Waals surface area (Å²) >= 11 is 0. The summed E-state index contributed by atoms with van der Waals surface area (Å²) in [6.45, 7) is 0. The highest BCUT2D eigenvalue weighted by atomic mass is 16.6. The number of carboxylic acid groups (broad SMARTS) is 1. The second kappa shape index (κ2) is 5.51. The van der Waals surface area contributed by atoms with Crippen LogP contribution in [-0.4, -0.2) is 22.0 Å². The first kappa shape index (κ1) is 12.5. The number of non-ortho nitro benzene ring substituents is 1. The highest BCUT2D eigenvalue weighted by Gasteiger charge is 2.16. The van der Waals surface area contributed by atoms with Crippen molar-refractivity contribution in [3.8, 4) is 12.3 Å².